The van der Waals surface area contributed by atoms with Gasteiger partial charge in [-0.2, -0.15) is 0 Å². The highest BCUT2D eigenvalue weighted by Gasteiger charge is 2.32. The molecule has 0 N–H and O–H groups in total. The van der Waals surface area contributed by atoms with Crippen LogP contribution in [0.25, 0.3) is 10.9 Å². The Morgan fingerprint density at radius 2 is 2.03 bits per heavy atom. The normalized spacial score (nSPS) is 13.6. The van der Waals surface area contributed by atoms with Gasteiger partial charge in [-0.05, 0) is 37.5 Å². The van der Waals surface area contributed by atoms with Gasteiger partial charge in [-0.25, -0.2) is 13.8 Å². The second kappa shape index (κ2) is 7.73. The van der Waals surface area contributed by atoms with Gasteiger partial charge < -0.3 is 4.90 Å². The molecular weight excluding hydrogens is 376 g/mol. The number of nitrogens with zero attached hydrogens (tertiary/aromatic N) is 3. The van der Waals surface area contributed by atoms with Crippen LogP contribution in [0.1, 0.15) is 30.4 Å². The summed E-state index contributed by atoms with van der Waals surface area (Å²) in [5.74, 6) is -1.46. The largest absolute Gasteiger partial charge is 0.335 e. The summed E-state index contributed by atoms with van der Waals surface area (Å²) in [7, 11) is 0. The highest BCUT2D eigenvalue weighted by molar-refractivity contribution is 5.80. The first kappa shape index (κ1) is 19.2. The van der Waals surface area contributed by atoms with Crippen molar-refractivity contribution in [3.8, 4) is 0 Å². The van der Waals surface area contributed by atoms with Gasteiger partial charge in [0, 0.05) is 37.2 Å². The lowest BCUT2D eigenvalue weighted by Gasteiger charge is -2.23. The summed E-state index contributed by atoms with van der Waals surface area (Å²) >= 11 is 0. The van der Waals surface area contributed by atoms with Crippen molar-refractivity contribution in [1.29, 1.82) is 0 Å². The Bertz CT molecular complexity index is 1140. The van der Waals surface area contributed by atoms with Crippen molar-refractivity contribution in [3.05, 3.63) is 75.8 Å². The van der Waals surface area contributed by atoms with Gasteiger partial charge in [0.25, 0.3) is 5.56 Å². The lowest BCUT2D eigenvalue weighted by atomic mass is 10.1. The number of hydrogen-bond donors (Lipinski definition) is 0. The van der Waals surface area contributed by atoms with E-state index in [0.717, 1.165) is 24.5 Å². The molecule has 7 heteroatoms. The quantitative estimate of drug-likeness (QED) is 0.639. The number of halogens is 2. The van der Waals surface area contributed by atoms with E-state index in [0.29, 0.717) is 10.9 Å². The molecule has 0 radical (unpaired) electrons. The number of aromatic nitrogens is 2. The number of aryl methyl sites for hydroxylation is 2. The van der Waals surface area contributed by atoms with Gasteiger partial charge in [0.2, 0.25) is 5.91 Å². The Morgan fingerprint density at radius 1 is 1.24 bits per heavy atom. The van der Waals surface area contributed by atoms with Gasteiger partial charge in [0.05, 0.1) is 17.2 Å². The zero-order valence-electron chi connectivity index (χ0n) is 16.1. The Labute approximate surface area is 166 Å². The Hall–Kier alpha value is -3.09. The monoisotopic (exact) mass is 397 g/mol. The first-order valence-electron chi connectivity index (χ1n) is 9.62. The van der Waals surface area contributed by atoms with Gasteiger partial charge in [-0.15, -0.1) is 0 Å². The van der Waals surface area contributed by atoms with Crippen molar-refractivity contribution in [3.63, 3.8) is 0 Å². The van der Waals surface area contributed by atoms with E-state index < -0.39 is 11.6 Å². The fourth-order valence-electron chi connectivity index (χ4n) is 3.50. The topological polar surface area (TPSA) is 55.2 Å². The Morgan fingerprint density at radius 3 is 2.76 bits per heavy atom. The maximum atomic E-state index is 14.0. The second-order valence-electron chi connectivity index (χ2n) is 7.45. The third-order valence-electron chi connectivity index (χ3n) is 5.29. The molecule has 5 nitrogen and oxygen atoms in total. The third-order valence-corrected chi connectivity index (χ3v) is 5.29. The van der Waals surface area contributed by atoms with Crippen LogP contribution in [0.2, 0.25) is 0 Å². The molecule has 0 saturated heterocycles. The van der Waals surface area contributed by atoms with Crippen LogP contribution in [0.4, 0.5) is 8.78 Å². The molecule has 1 amide bonds. The molecule has 1 aliphatic carbocycles. The van der Waals surface area contributed by atoms with E-state index in [4.69, 9.17) is 0 Å². The van der Waals surface area contributed by atoms with E-state index >= 15 is 0 Å². The number of carbonyl (C=O) groups excluding carboxylic acids is 1. The van der Waals surface area contributed by atoms with Crippen LogP contribution < -0.4 is 5.56 Å². The van der Waals surface area contributed by atoms with E-state index in [2.05, 4.69) is 4.98 Å². The molecule has 1 heterocycles. The van der Waals surface area contributed by atoms with Crippen LogP contribution in [0.15, 0.2) is 47.5 Å². The van der Waals surface area contributed by atoms with Crippen LogP contribution in [-0.4, -0.2) is 26.4 Å². The average Bonchev–Trinajstić information content (AvgIpc) is 3.52. The molecule has 1 fully saturated rings. The second-order valence-corrected chi connectivity index (χ2v) is 7.45. The van der Waals surface area contributed by atoms with Crippen LogP contribution in [0.5, 0.6) is 0 Å². The number of benzene rings is 2. The first-order chi connectivity index (χ1) is 13.9. The van der Waals surface area contributed by atoms with Gasteiger partial charge in [0.1, 0.15) is 11.6 Å². The molecule has 4 rings (SSSR count). The minimum atomic E-state index is -0.659. The lowest BCUT2D eigenvalue weighted by Crippen LogP contribution is -2.34. The summed E-state index contributed by atoms with van der Waals surface area (Å²) in [6, 6.07) is 8.88. The van der Waals surface area contributed by atoms with Gasteiger partial charge in [-0.1, -0.05) is 18.2 Å². The molecule has 1 saturated carbocycles. The standard InChI is InChI=1S/C22H21F2N3O2/c1-14-3-2-4-18-21(14)25-13-26(22(18)29)10-9-20(28)27(17-7-8-17)12-15-5-6-16(23)11-19(15)24/h2-6,11,13,17H,7-10,12H2,1H3. The summed E-state index contributed by atoms with van der Waals surface area (Å²) in [4.78, 5) is 31.5. The van der Waals surface area contributed by atoms with Crippen LogP contribution >= 0.6 is 0 Å². The molecule has 0 spiro atoms. The maximum absolute atomic E-state index is 14.0. The van der Waals surface area contributed by atoms with Crippen molar-refractivity contribution >= 4 is 16.8 Å². The summed E-state index contributed by atoms with van der Waals surface area (Å²) < 4.78 is 28.6. The van der Waals surface area contributed by atoms with Crippen molar-refractivity contribution in [1.82, 2.24) is 14.5 Å². The first-order valence-corrected chi connectivity index (χ1v) is 9.62. The molecule has 0 aliphatic heterocycles. The highest BCUT2D eigenvalue weighted by Crippen LogP contribution is 2.29. The molecular formula is C22H21F2N3O2. The summed E-state index contributed by atoms with van der Waals surface area (Å²) in [6.45, 7) is 2.19. The lowest BCUT2D eigenvalue weighted by molar-refractivity contribution is -0.132. The van der Waals surface area contributed by atoms with Crippen molar-refractivity contribution in [2.45, 2.75) is 45.3 Å². The number of hydrogen-bond acceptors (Lipinski definition) is 3. The van der Waals surface area contributed by atoms with Crippen molar-refractivity contribution in [2.75, 3.05) is 0 Å². The Balaban J connectivity index is 1.50. The SMILES string of the molecule is Cc1cccc2c(=O)n(CCC(=O)N(Cc3ccc(F)cc3F)C3CC3)cnc12. The highest BCUT2D eigenvalue weighted by atomic mass is 19.1. The Kier molecular flexibility index (Phi) is 5.13. The van der Waals surface area contributed by atoms with Crippen LogP contribution in [-0.2, 0) is 17.9 Å². The molecule has 0 unspecified atom stereocenters. The number of carbonyl (C=O) groups is 1. The van der Waals surface area contributed by atoms with Gasteiger partial charge in [0.15, 0.2) is 0 Å². The van der Waals surface area contributed by atoms with Crippen LogP contribution in [0.3, 0.4) is 0 Å². The van der Waals surface area contributed by atoms with Crippen molar-refractivity contribution in [2.24, 2.45) is 0 Å². The average molecular weight is 397 g/mol. The van der Waals surface area contributed by atoms with E-state index in [9.17, 15) is 18.4 Å². The molecule has 3 aromatic rings. The molecule has 0 atom stereocenters. The number of amides is 1. The minimum Gasteiger partial charge on any atom is -0.335 e. The molecule has 1 aliphatic rings. The number of fused-ring (bicyclic) bond motifs is 1. The number of para-hydroxylation sites is 1. The molecule has 0 bridgehead atoms. The summed E-state index contributed by atoms with van der Waals surface area (Å²) in [5.41, 5.74) is 1.68. The predicted octanol–water partition coefficient (Wildman–Crippen LogP) is 3.56. The van der Waals surface area contributed by atoms with E-state index in [1.807, 2.05) is 19.1 Å². The minimum absolute atomic E-state index is 0.0704. The number of rotatable bonds is 6. The molecule has 2 aromatic carbocycles. The van der Waals surface area contributed by atoms with E-state index in [1.165, 1.54) is 23.0 Å². The van der Waals surface area contributed by atoms with Gasteiger partial charge >= 0.3 is 0 Å². The smallest absolute Gasteiger partial charge is 0.261 e. The van der Waals surface area contributed by atoms with E-state index in [-0.39, 0.29) is 42.6 Å². The van der Waals surface area contributed by atoms with E-state index in [1.54, 1.807) is 11.0 Å². The molecule has 29 heavy (non-hydrogen) atoms. The van der Waals surface area contributed by atoms with Gasteiger partial charge in [-0.3, -0.25) is 14.2 Å². The fraction of sp³-hybridized carbons (Fsp3) is 0.318. The molecule has 1 aromatic heterocycles. The maximum Gasteiger partial charge on any atom is 0.261 e. The fourth-order valence-corrected chi connectivity index (χ4v) is 3.50. The predicted molar refractivity (Wildman–Crippen MR) is 105 cm³/mol. The summed E-state index contributed by atoms with van der Waals surface area (Å²) in [6.07, 6.45) is 3.31. The third kappa shape index (κ3) is 4.04. The molecule has 150 valence electrons. The zero-order chi connectivity index (χ0) is 20.5. The van der Waals surface area contributed by atoms with Crippen LogP contribution in [0, 0.1) is 18.6 Å². The zero-order valence-corrected chi connectivity index (χ0v) is 16.1. The summed E-state index contributed by atoms with van der Waals surface area (Å²) in [5, 5.41) is 0.521. The van der Waals surface area contributed by atoms with Crippen molar-refractivity contribution < 1.29 is 13.6 Å².